The second-order valence-electron chi connectivity index (χ2n) is 9.63. The van der Waals surface area contributed by atoms with Crippen LogP contribution in [0.1, 0.15) is 49.7 Å². The number of piperazine rings is 1. The molecule has 2 aromatic carbocycles. The van der Waals surface area contributed by atoms with Gasteiger partial charge in [0.05, 0.1) is 5.56 Å². The van der Waals surface area contributed by atoms with Crippen LogP contribution in [-0.2, 0) is 11.0 Å². The molecule has 2 fully saturated rings. The van der Waals surface area contributed by atoms with Crippen molar-refractivity contribution in [3.8, 4) is 0 Å². The van der Waals surface area contributed by atoms with Gasteiger partial charge in [-0.2, -0.15) is 13.2 Å². The maximum absolute atomic E-state index is 13.2. The zero-order valence-corrected chi connectivity index (χ0v) is 19.8. The highest BCUT2D eigenvalue weighted by molar-refractivity contribution is 5.76. The molecule has 0 unspecified atom stereocenters. The molecule has 184 valence electrons. The number of hydrogen-bond acceptors (Lipinski definition) is 3. The summed E-state index contributed by atoms with van der Waals surface area (Å²) < 4.78 is 39.5. The Morgan fingerprint density at radius 2 is 1.65 bits per heavy atom. The number of carbonyl (C=O) groups excluding carboxylic acids is 1. The lowest BCUT2D eigenvalue weighted by Crippen LogP contribution is -2.48. The zero-order valence-electron chi connectivity index (χ0n) is 19.8. The Hall–Kier alpha value is -2.70. The van der Waals surface area contributed by atoms with E-state index in [-0.39, 0.29) is 17.5 Å². The largest absolute Gasteiger partial charge is 0.416 e. The molecule has 2 aromatic rings. The fourth-order valence-corrected chi connectivity index (χ4v) is 5.19. The van der Waals surface area contributed by atoms with E-state index in [1.165, 1.54) is 24.7 Å². The van der Waals surface area contributed by atoms with Gasteiger partial charge in [-0.15, -0.1) is 0 Å². The topological polar surface area (TPSA) is 35.6 Å². The van der Waals surface area contributed by atoms with Gasteiger partial charge >= 0.3 is 6.18 Å². The first-order valence-electron chi connectivity index (χ1n) is 12.3. The monoisotopic (exact) mass is 473 g/mol. The van der Waals surface area contributed by atoms with Gasteiger partial charge in [0.25, 0.3) is 0 Å². The third-order valence-electron chi connectivity index (χ3n) is 7.28. The van der Waals surface area contributed by atoms with E-state index in [0.717, 1.165) is 58.3 Å². The molecule has 1 aliphatic carbocycles. The molecule has 4 rings (SSSR count). The quantitative estimate of drug-likeness (QED) is 0.550. The summed E-state index contributed by atoms with van der Waals surface area (Å²) in [5.41, 5.74) is 1.41. The number of carbonyl (C=O) groups is 1. The van der Waals surface area contributed by atoms with E-state index in [1.807, 2.05) is 23.1 Å². The van der Waals surface area contributed by atoms with Gasteiger partial charge in [0.1, 0.15) is 0 Å². The summed E-state index contributed by atoms with van der Waals surface area (Å²) in [7, 11) is 0. The van der Waals surface area contributed by atoms with E-state index in [0.29, 0.717) is 18.0 Å². The second-order valence-corrected chi connectivity index (χ2v) is 9.63. The third-order valence-corrected chi connectivity index (χ3v) is 7.28. The van der Waals surface area contributed by atoms with Crippen LogP contribution in [0.25, 0.3) is 0 Å². The number of amides is 1. The van der Waals surface area contributed by atoms with Crippen molar-refractivity contribution in [1.29, 1.82) is 0 Å². The van der Waals surface area contributed by atoms with Gasteiger partial charge in [-0.3, -0.25) is 4.79 Å². The van der Waals surface area contributed by atoms with Crippen LogP contribution in [0.15, 0.2) is 48.5 Å². The number of rotatable bonds is 6. The molecule has 1 N–H and O–H groups in total. The van der Waals surface area contributed by atoms with Crippen molar-refractivity contribution in [2.24, 2.45) is 5.92 Å². The molecule has 0 atom stereocenters. The van der Waals surface area contributed by atoms with Crippen LogP contribution < -0.4 is 10.2 Å². The predicted octanol–water partition coefficient (Wildman–Crippen LogP) is 6.11. The number of nitrogens with one attached hydrogen (secondary N) is 1. The average molecular weight is 474 g/mol. The Labute approximate surface area is 200 Å². The molecule has 1 amide bonds. The number of anilines is 2. The molecular formula is C27H34F3N3O. The standard InChI is InChI=1S/C27H34F3N3O/c1-20-7-11-23(19-25(20)27(28,29)30)31-22-12-8-21(9-13-22)10-14-26(34)33-17-15-32(16-18-33)24-5-3-2-4-6-24/h2-7,11,19,21-22,31H,8-10,12-18H2,1H3. The van der Waals surface area contributed by atoms with Crippen LogP contribution >= 0.6 is 0 Å². The normalized spacial score (nSPS) is 21.4. The Kier molecular flexibility index (Phi) is 7.69. The van der Waals surface area contributed by atoms with Gasteiger partial charge < -0.3 is 15.1 Å². The Balaban J connectivity index is 1.18. The molecule has 2 aliphatic rings. The van der Waals surface area contributed by atoms with Crippen molar-refractivity contribution in [3.05, 3.63) is 59.7 Å². The number of para-hydroxylation sites is 1. The fourth-order valence-electron chi connectivity index (χ4n) is 5.19. The summed E-state index contributed by atoms with van der Waals surface area (Å²) in [6.07, 6.45) is 0.998. The summed E-state index contributed by atoms with van der Waals surface area (Å²) in [6.45, 7) is 4.74. The minimum absolute atomic E-state index is 0.182. The molecule has 0 radical (unpaired) electrons. The van der Waals surface area contributed by atoms with Crippen LogP contribution in [0.5, 0.6) is 0 Å². The van der Waals surface area contributed by atoms with Crippen LogP contribution in [0.4, 0.5) is 24.5 Å². The second kappa shape index (κ2) is 10.7. The van der Waals surface area contributed by atoms with Gasteiger partial charge in [0.2, 0.25) is 5.91 Å². The molecule has 34 heavy (non-hydrogen) atoms. The fraction of sp³-hybridized carbons (Fsp3) is 0.519. The summed E-state index contributed by atoms with van der Waals surface area (Å²) in [6, 6.07) is 15.0. The molecule has 1 saturated heterocycles. The van der Waals surface area contributed by atoms with Gasteiger partial charge in [-0.05, 0) is 74.8 Å². The van der Waals surface area contributed by atoms with Crippen LogP contribution in [0.3, 0.4) is 0 Å². The molecule has 4 nitrogen and oxygen atoms in total. The maximum atomic E-state index is 13.2. The lowest BCUT2D eigenvalue weighted by Gasteiger charge is -2.36. The number of benzene rings is 2. The highest BCUT2D eigenvalue weighted by atomic mass is 19.4. The van der Waals surface area contributed by atoms with Crippen LogP contribution in [0, 0.1) is 12.8 Å². The van der Waals surface area contributed by atoms with Crippen LogP contribution in [-0.4, -0.2) is 43.0 Å². The summed E-state index contributed by atoms with van der Waals surface area (Å²) >= 11 is 0. The van der Waals surface area contributed by atoms with Gasteiger partial charge in [-0.25, -0.2) is 0 Å². The SMILES string of the molecule is Cc1ccc(NC2CCC(CCC(=O)N3CCN(c4ccccc4)CC3)CC2)cc1C(F)(F)F. The van der Waals surface area contributed by atoms with Crippen molar-refractivity contribution in [2.75, 3.05) is 36.4 Å². The highest BCUT2D eigenvalue weighted by Gasteiger charge is 2.33. The first-order valence-corrected chi connectivity index (χ1v) is 12.3. The molecule has 0 spiro atoms. The summed E-state index contributed by atoms with van der Waals surface area (Å²) in [4.78, 5) is 17.0. The van der Waals surface area contributed by atoms with E-state index >= 15 is 0 Å². The summed E-state index contributed by atoms with van der Waals surface area (Å²) in [5.74, 6) is 0.753. The number of alkyl halides is 3. The molecule has 1 saturated carbocycles. The number of nitrogens with zero attached hydrogens (tertiary/aromatic N) is 2. The van der Waals surface area contributed by atoms with E-state index in [4.69, 9.17) is 0 Å². The lowest BCUT2D eigenvalue weighted by atomic mass is 9.83. The van der Waals surface area contributed by atoms with Crippen molar-refractivity contribution in [2.45, 2.75) is 57.7 Å². The maximum Gasteiger partial charge on any atom is 0.416 e. The Bertz CT molecular complexity index is 947. The van der Waals surface area contributed by atoms with Crippen molar-refractivity contribution < 1.29 is 18.0 Å². The molecule has 0 bridgehead atoms. The van der Waals surface area contributed by atoms with E-state index in [2.05, 4.69) is 22.3 Å². The van der Waals surface area contributed by atoms with Crippen LogP contribution in [0.2, 0.25) is 0 Å². The van der Waals surface area contributed by atoms with E-state index in [9.17, 15) is 18.0 Å². The molecule has 1 aliphatic heterocycles. The molecule has 0 aromatic heterocycles. The third kappa shape index (κ3) is 6.24. The van der Waals surface area contributed by atoms with Crippen molar-refractivity contribution in [3.63, 3.8) is 0 Å². The smallest absolute Gasteiger partial charge is 0.382 e. The molecule has 7 heteroatoms. The van der Waals surface area contributed by atoms with Crippen molar-refractivity contribution in [1.82, 2.24) is 4.90 Å². The highest BCUT2D eigenvalue weighted by Crippen LogP contribution is 2.35. The minimum atomic E-state index is -4.33. The first kappa shape index (κ1) is 24.4. The number of aryl methyl sites for hydroxylation is 1. The molecular weight excluding hydrogens is 439 g/mol. The average Bonchev–Trinajstić information content (AvgIpc) is 2.84. The van der Waals surface area contributed by atoms with E-state index < -0.39 is 11.7 Å². The number of hydrogen-bond donors (Lipinski definition) is 1. The minimum Gasteiger partial charge on any atom is -0.382 e. The van der Waals surface area contributed by atoms with Gasteiger partial charge in [0.15, 0.2) is 0 Å². The van der Waals surface area contributed by atoms with Crippen molar-refractivity contribution >= 4 is 17.3 Å². The molecule has 1 heterocycles. The predicted molar refractivity (Wildman–Crippen MR) is 130 cm³/mol. The summed E-state index contributed by atoms with van der Waals surface area (Å²) in [5, 5.41) is 3.30. The Morgan fingerprint density at radius 1 is 0.971 bits per heavy atom. The lowest BCUT2D eigenvalue weighted by molar-refractivity contribution is -0.138. The number of halogens is 3. The van der Waals surface area contributed by atoms with Gasteiger partial charge in [-0.1, -0.05) is 24.3 Å². The Morgan fingerprint density at radius 3 is 2.29 bits per heavy atom. The zero-order chi connectivity index (χ0) is 24.1. The van der Waals surface area contributed by atoms with E-state index in [1.54, 1.807) is 6.07 Å². The first-order chi connectivity index (χ1) is 16.3. The van der Waals surface area contributed by atoms with Gasteiger partial charge in [0, 0.05) is 50.0 Å².